The Morgan fingerprint density at radius 3 is 2.66 bits per heavy atom. The number of phenols is 1. The second kappa shape index (κ2) is 10.2. The first-order valence-corrected chi connectivity index (χ1v) is 11.2. The highest BCUT2D eigenvalue weighted by molar-refractivity contribution is 6.05. The summed E-state index contributed by atoms with van der Waals surface area (Å²) in [4.78, 5) is 29.5. The lowest BCUT2D eigenvalue weighted by molar-refractivity contribution is -0.134. The summed E-state index contributed by atoms with van der Waals surface area (Å²) in [7, 11) is 2.94. The van der Waals surface area contributed by atoms with Gasteiger partial charge < -0.3 is 24.4 Å². The van der Waals surface area contributed by atoms with E-state index in [1.165, 1.54) is 29.0 Å². The molecule has 1 heterocycles. The molecule has 1 unspecified atom stereocenters. The molecule has 0 aromatic heterocycles. The predicted octanol–water partition coefficient (Wildman–Crippen LogP) is 4.42. The average Bonchev–Trinajstić information content (AvgIpc) is 3.33. The summed E-state index contributed by atoms with van der Waals surface area (Å²) in [6.45, 7) is -2.49. The Bertz CT molecular complexity index is 1250. The van der Waals surface area contributed by atoms with E-state index in [4.69, 9.17) is 4.74 Å². The maximum absolute atomic E-state index is 13.3. The van der Waals surface area contributed by atoms with Gasteiger partial charge in [-0.1, -0.05) is 36.4 Å². The molecule has 1 N–H and O–H groups in total. The fourth-order valence-electron chi connectivity index (χ4n) is 4.46. The lowest BCUT2D eigenvalue weighted by atomic mass is 10.0. The number of benzene rings is 3. The number of hydrogen-bond donors (Lipinski definition) is 1. The van der Waals surface area contributed by atoms with Crippen molar-refractivity contribution in [3.05, 3.63) is 65.7 Å². The monoisotopic (exact) mass is 484 g/mol. The van der Waals surface area contributed by atoms with Crippen molar-refractivity contribution >= 4 is 22.6 Å². The van der Waals surface area contributed by atoms with Crippen molar-refractivity contribution in [2.75, 3.05) is 20.7 Å². The van der Waals surface area contributed by atoms with Crippen LogP contribution in [0.4, 0.5) is 8.78 Å². The van der Waals surface area contributed by atoms with Gasteiger partial charge in [0.2, 0.25) is 5.91 Å². The molecule has 3 aromatic rings. The fourth-order valence-corrected chi connectivity index (χ4v) is 4.46. The highest BCUT2D eigenvalue weighted by Crippen LogP contribution is 2.32. The number of carbonyl (C=O) groups excluding carboxylic acids is 2. The summed E-state index contributed by atoms with van der Waals surface area (Å²) in [6.07, 6.45) is 1.14. The number of fused-ring (bicyclic) bond motifs is 1. The first-order valence-electron chi connectivity index (χ1n) is 11.2. The van der Waals surface area contributed by atoms with Gasteiger partial charge in [-0.15, -0.1) is 0 Å². The van der Waals surface area contributed by atoms with Crippen LogP contribution in [0.1, 0.15) is 28.8 Å². The predicted molar refractivity (Wildman–Crippen MR) is 126 cm³/mol. The van der Waals surface area contributed by atoms with Crippen LogP contribution in [0, 0.1) is 0 Å². The van der Waals surface area contributed by atoms with Crippen molar-refractivity contribution in [3.63, 3.8) is 0 Å². The number of nitrogens with zero attached hydrogens (tertiary/aromatic N) is 2. The molecule has 0 bridgehead atoms. The molecule has 1 fully saturated rings. The average molecular weight is 484 g/mol. The summed E-state index contributed by atoms with van der Waals surface area (Å²) >= 11 is 0. The second-order valence-corrected chi connectivity index (χ2v) is 8.40. The molecule has 184 valence electrons. The Morgan fingerprint density at radius 1 is 1.14 bits per heavy atom. The van der Waals surface area contributed by atoms with Crippen LogP contribution >= 0.6 is 0 Å². The molecule has 7 nitrogen and oxygen atoms in total. The van der Waals surface area contributed by atoms with Gasteiger partial charge in [0.25, 0.3) is 5.91 Å². The largest absolute Gasteiger partial charge is 0.506 e. The highest BCUT2D eigenvalue weighted by atomic mass is 19.3. The molecule has 1 aliphatic heterocycles. The molecule has 1 aliphatic rings. The number of amides is 2. The first-order chi connectivity index (χ1) is 16.8. The van der Waals surface area contributed by atoms with E-state index in [0.717, 1.165) is 5.39 Å². The zero-order valence-electron chi connectivity index (χ0n) is 19.4. The van der Waals surface area contributed by atoms with Gasteiger partial charge in [0.1, 0.15) is 11.8 Å². The number of aromatic hydroxyl groups is 1. The molecule has 1 saturated heterocycles. The molecule has 0 aliphatic carbocycles. The molecule has 4 rings (SSSR count). The van der Waals surface area contributed by atoms with Crippen LogP contribution in [0.5, 0.6) is 17.2 Å². The van der Waals surface area contributed by atoms with Crippen molar-refractivity contribution in [2.24, 2.45) is 0 Å². The van der Waals surface area contributed by atoms with Gasteiger partial charge in [-0.2, -0.15) is 8.78 Å². The summed E-state index contributed by atoms with van der Waals surface area (Å²) < 4.78 is 35.0. The number of likely N-dealkylation sites (tertiary alicyclic amines) is 1. The van der Waals surface area contributed by atoms with E-state index >= 15 is 0 Å². The number of phenolic OH excluding ortho intramolecular Hbond substituents is 1. The summed E-state index contributed by atoms with van der Waals surface area (Å²) in [5.74, 6) is -0.752. The molecule has 0 radical (unpaired) electrons. The molecule has 0 spiro atoms. The lowest BCUT2D eigenvalue weighted by Crippen LogP contribution is -2.46. The van der Waals surface area contributed by atoms with E-state index in [0.29, 0.717) is 30.3 Å². The van der Waals surface area contributed by atoms with Crippen LogP contribution in [0.3, 0.4) is 0 Å². The van der Waals surface area contributed by atoms with Crippen LogP contribution in [0.25, 0.3) is 10.8 Å². The molecule has 1 atom stereocenters. The topological polar surface area (TPSA) is 79.3 Å². The third kappa shape index (κ3) is 4.99. The van der Waals surface area contributed by atoms with Crippen LogP contribution in [0.15, 0.2) is 54.6 Å². The number of methoxy groups -OCH3 is 1. The number of halogens is 2. The van der Waals surface area contributed by atoms with Crippen molar-refractivity contribution in [3.8, 4) is 17.2 Å². The zero-order chi connectivity index (χ0) is 25.1. The fraction of sp³-hybridized carbons (Fsp3) is 0.308. The first kappa shape index (κ1) is 24.3. The Morgan fingerprint density at radius 2 is 1.91 bits per heavy atom. The Labute approximate surface area is 201 Å². The molecule has 3 aromatic carbocycles. The normalized spacial score (nSPS) is 15.5. The van der Waals surface area contributed by atoms with Crippen molar-refractivity contribution < 1.29 is 33.0 Å². The van der Waals surface area contributed by atoms with Crippen molar-refractivity contribution in [1.82, 2.24) is 9.80 Å². The third-order valence-corrected chi connectivity index (χ3v) is 6.17. The van der Waals surface area contributed by atoms with E-state index in [9.17, 15) is 23.5 Å². The van der Waals surface area contributed by atoms with Gasteiger partial charge in [-0.3, -0.25) is 9.59 Å². The van der Waals surface area contributed by atoms with Gasteiger partial charge in [0.05, 0.1) is 12.7 Å². The van der Waals surface area contributed by atoms with Crippen LogP contribution in [0.2, 0.25) is 0 Å². The van der Waals surface area contributed by atoms with Gasteiger partial charge in [0.15, 0.2) is 11.5 Å². The standard InChI is InChI=1S/C26H26F2N2O5/c1-29(15-16-9-12-21(34-2)22(14-16)35-26(27)28)25(33)20-8-5-13-30(20)24(32)19-11-10-17-6-3-4-7-18(17)23(19)31/h3-4,6-7,9-12,14,20,26,31H,5,8,13,15H2,1-2H3. The van der Waals surface area contributed by atoms with E-state index < -0.39 is 18.6 Å². The second-order valence-electron chi connectivity index (χ2n) is 8.40. The highest BCUT2D eigenvalue weighted by Gasteiger charge is 2.37. The van der Waals surface area contributed by atoms with Crippen LogP contribution in [-0.4, -0.2) is 60.1 Å². The van der Waals surface area contributed by atoms with E-state index in [1.54, 1.807) is 37.4 Å². The number of carbonyl (C=O) groups is 2. The maximum atomic E-state index is 13.3. The number of alkyl halides is 2. The van der Waals surface area contributed by atoms with E-state index in [-0.39, 0.29) is 35.3 Å². The smallest absolute Gasteiger partial charge is 0.387 e. The molecule has 9 heteroatoms. The Hall–Kier alpha value is -3.88. The van der Waals surface area contributed by atoms with Gasteiger partial charge in [-0.05, 0) is 42.0 Å². The van der Waals surface area contributed by atoms with Crippen molar-refractivity contribution in [1.29, 1.82) is 0 Å². The number of likely N-dealkylation sites (N-methyl/N-ethyl adjacent to an activating group) is 1. The summed E-state index contributed by atoms with van der Waals surface area (Å²) in [6, 6.07) is 14.4. The number of hydrogen-bond acceptors (Lipinski definition) is 5. The number of ether oxygens (including phenoxy) is 2. The SMILES string of the molecule is COc1ccc(CN(C)C(=O)C2CCCN2C(=O)c2ccc3ccccc3c2O)cc1OC(F)F. The minimum absolute atomic E-state index is 0.107. The molecule has 2 amide bonds. The number of rotatable bonds is 7. The summed E-state index contributed by atoms with van der Waals surface area (Å²) in [5, 5.41) is 12.1. The van der Waals surface area contributed by atoms with Gasteiger partial charge in [-0.25, -0.2) is 0 Å². The summed E-state index contributed by atoms with van der Waals surface area (Å²) in [5.41, 5.74) is 0.718. The molecular weight excluding hydrogens is 458 g/mol. The third-order valence-electron chi connectivity index (χ3n) is 6.17. The van der Waals surface area contributed by atoms with Gasteiger partial charge >= 0.3 is 6.61 Å². The lowest BCUT2D eigenvalue weighted by Gasteiger charge is -2.28. The Balaban J connectivity index is 1.51. The van der Waals surface area contributed by atoms with Crippen molar-refractivity contribution in [2.45, 2.75) is 32.0 Å². The molecule has 35 heavy (non-hydrogen) atoms. The van der Waals surface area contributed by atoms with Crippen LogP contribution < -0.4 is 9.47 Å². The minimum atomic E-state index is -3.01. The Kier molecular flexibility index (Phi) is 7.04. The van der Waals surface area contributed by atoms with E-state index in [1.807, 2.05) is 12.1 Å². The van der Waals surface area contributed by atoms with E-state index in [2.05, 4.69) is 4.74 Å². The van der Waals surface area contributed by atoms with Gasteiger partial charge in [0, 0.05) is 25.5 Å². The quantitative estimate of drug-likeness (QED) is 0.537. The van der Waals surface area contributed by atoms with Crippen LogP contribution in [-0.2, 0) is 11.3 Å². The maximum Gasteiger partial charge on any atom is 0.387 e. The molecular formula is C26H26F2N2O5. The molecule has 0 saturated carbocycles. The zero-order valence-corrected chi connectivity index (χ0v) is 19.4. The minimum Gasteiger partial charge on any atom is -0.506 e.